The molecule has 24 heavy (non-hydrogen) atoms. The van der Waals surface area contributed by atoms with Gasteiger partial charge in [-0.2, -0.15) is 13.9 Å². The average Bonchev–Trinajstić information content (AvgIpc) is 2.99. The first kappa shape index (κ1) is 16.6. The van der Waals surface area contributed by atoms with Crippen LogP contribution in [0.3, 0.4) is 0 Å². The fraction of sp³-hybridized carbons (Fsp3) is 0.412. The number of aryl methyl sites for hydroxylation is 1. The van der Waals surface area contributed by atoms with Gasteiger partial charge in [0.25, 0.3) is 0 Å². The number of aliphatic hydroxyl groups excluding tert-OH is 1. The van der Waals surface area contributed by atoms with Crippen molar-refractivity contribution in [1.29, 1.82) is 0 Å². The number of rotatable bonds is 4. The maximum absolute atomic E-state index is 12.9. The highest BCUT2D eigenvalue weighted by Crippen LogP contribution is 2.31. The van der Waals surface area contributed by atoms with Gasteiger partial charge >= 0.3 is 6.55 Å². The number of hydrogen-bond donors (Lipinski definition) is 2. The molecule has 1 amide bonds. The number of carbonyl (C=O) groups excluding carboxylic acids is 1. The Bertz CT molecular complexity index is 773. The SMILES string of the molecule is Cc1nn(C(F)F)c(C)c1CC(=O)NC1c2ccccc2CC1O. The highest BCUT2D eigenvalue weighted by Gasteiger charge is 2.32. The van der Waals surface area contributed by atoms with Crippen LogP contribution in [-0.4, -0.2) is 26.9 Å². The predicted octanol–water partition coefficient (Wildman–Crippen LogP) is 2.21. The molecule has 2 unspecified atom stereocenters. The lowest BCUT2D eigenvalue weighted by Gasteiger charge is -2.18. The summed E-state index contributed by atoms with van der Waals surface area (Å²) < 4.78 is 26.4. The number of nitrogens with one attached hydrogen (secondary N) is 1. The molecule has 1 heterocycles. The van der Waals surface area contributed by atoms with Gasteiger partial charge < -0.3 is 10.4 Å². The van der Waals surface area contributed by atoms with Crippen LogP contribution < -0.4 is 5.32 Å². The molecule has 0 saturated heterocycles. The standard InChI is InChI=1S/C17H19F2N3O2/c1-9-13(10(2)22(21-9)17(18)19)8-15(24)20-16-12-6-4-3-5-11(12)7-14(16)23/h3-6,14,16-17,23H,7-8H2,1-2H3,(H,20,24). The number of hydrogen-bond acceptors (Lipinski definition) is 3. The van der Waals surface area contributed by atoms with Gasteiger partial charge in [0.1, 0.15) is 0 Å². The maximum Gasteiger partial charge on any atom is 0.333 e. The minimum Gasteiger partial charge on any atom is -0.390 e. The number of aliphatic hydroxyl groups is 1. The Hall–Kier alpha value is -2.28. The molecule has 2 atom stereocenters. The lowest BCUT2D eigenvalue weighted by molar-refractivity contribution is -0.122. The van der Waals surface area contributed by atoms with Gasteiger partial charge in [0.15, 0.2) is 0 Å². The first-order valence-electron chi connectivity index (χ1n) is 7.76. The molecule has 0 spiro atoms. The van der Waals surface area contributed by atoms with Crippen molar-refractivity contribution in [2.75, 3.05) is 0 Å². The molecule has 0 saturated carbocycles. The second-order valence-electron chi connectivity index (χ2n) is 6.06. The van der Waals surface area contributed by atoms with E-state index in [4.69, 9.17) is 0 Å². The van der Waals surface area contributed by atoms with E-state index in [1.165, 1.54) is 6.92 Å². The average molecular weight is 335 g/mol. The van der Waals surface area contributed by atoms with Gasteiger partial charge in [-0.3, -0.25) is 4.79 Å². The van der Waals surface area contributed by atoms with Crippen molar-refractivity contribution in [3.63, 3.8) is 0 Å². The summed E-state index contributed by atoms with van der Waals surface area (Å²) in [6.45, 7) is 0.395. The van der Waals surface area contributed by atoms with Crippen LogP contribution in [0, 0.1) is 13.8 Å². The fourth-order valence-corrected chi connectivity index (χ4v) is 3.28. The second-order valence-corrected chi connectivity index (χ2v) is 6.06. The van der Waals surface area contributed by atoms with E-state index in [9.17, 15) is 18.7 Å². The van der Waals surface area contributed by atoms with Crippen LogP contribution >= 0.6 is 0 Å². The van der Waals surface area contributed by atoms with Gasteiger partial charge in [0.05, 0.1) is 24.3 Å². The first-order valence-corrected chi connectivity index (χ1v) is 7.76. The van der Waals surface area contributed by atoms with Crippen LogP contribution in [0.4, 0.5) is 8.78 Å². The van der Waals surface area contributed by atoms with E-state index in [1.807, 2.05) is 24.3 Å². The monoisotopic (exact) mass is 335 g/mol. The lowest BCUT2D eigenvalue weighted by atomic mass is 10.1. The Morgan fingerprint density at radius 3 is 2.79 bits per heavy atom. The second kappa shape index (κ2) is 6.32. The number of amides is 1. The molecule has 5 nitrogen and oxygen atoms in total. The van der Waals surface area contributed by atoms with Crippen LogP contribution in [0.5, 0.6) is 0 Å². The van der Waals surface area contributed by atoms with E-state index in [2.05, 4.69) is 10.4 Å². The predicted molar refractivity (Wildman–Crippen MR) is 83.7 cm³/mol. The van der Waals surface area contributed by atoms with Gasteiger partial charge in [-0.25, -0.2) is 4.68 Å². The van der Waals surface area contributed by atoms with E-state index in [0.717, 1.165) is 11.1 Å². The normalized spacial score (nSPS) is 19.6. The summed E-state index contributed by atoms with van der Waals surface area (Å²) in [5, 5.41) is 16.8. The third kappa shape index (κ3) is 2.91. The smallest absolute Gasteiger partial charge is 0.333 e. The summed E-state index contributed by atoms with van der Waals surface area (Å²) in [6.07, 6.45) is -0.240. The number of carbonyl (C=O) groups is 1. The van der Waals surface area contributed by atoms with Gasteiger partial charge in [-0.05, 0) is 25.0 Å². The van der Waals surface area contributed by atoms with Crippen molar-refractivity contribution in [3.05, 3.63) is 52.3 Å². The molecule has 128 valence electrons. The number of fused-ring (bicyclic) bond motifs is 1. The van der Waals surface area contributed by atoms with E-state index in [-0.39, 0.29) is 18.0 Å². The minimum atomic E-state index is -2.73. The number of alkyl halides is 2. The Labute approximate surface area is 138 Å². The fourth-order valence-electron chi connectivity index (χ4n) is 3.28. The minimum absolute atomic E-state index is 0.0459. The van der Waals surface area contributed by atoms with Crippen molar-refractivity contribution in [3.8, 4) is 0 Å². The molecular formula is C17H19F2N3O2. The van der Waals surface area contributed by atoms with Crippen molar-refractivity contribution in [2.24, 2.45) is 0 Å². The summed E-state index contributed by atoms with van der Waals surface area (Å²) in [4.78, 5) is 12.4. The molecule has 7 heteroatoms. The van der Waals surface area contributed by atoms with Gasteiger partial charge in [-0.15, -0.1) is 0 Å². The number of benzene rings is 1. The largest absolute Gasteiger partial charge is 0.390 e. The van der Waals surface area contributed by atoms with Crippen molar-refractivity contribution < 1.29 is 18.7 Å². The highest BCUT2D eigenvalue weighted by molar-refractivity contribution is 5.79. The van der Waals surface area contributed by atoms with Gasteiger partial charge in [0.2, 0.25) is 5.91 Å². The molecule has 0 radical (unpaired) electrons. The van der Waals surface area contributed by atoms with E-state index >= 15 is 0 Å². The molecule has 1 aromatic heterocycles. The van der Waals surface area contributed by atoms with E-state index in [0.29, 0.717) is 22.4 Å². The van der Waals surface area contributed by atoms with Gasteiger partial charge in [-0.1, -0.05) is 24.3 Å². The number of aromatic nitrogens is 2. The summed E-state index contributed by atoms with van der Waals surface area (Å²) in [7, 11) is 0. The van der Waals surface area contributed by atoms with Crippen LogP contribution in [0.1, 0.15) is 40.7 Å². The highest BCUT2D eigenvalue weighted by atomic mass is 19.3. The third-order valence-corrected chi connectivity index (χ3v) is 4.52. The molecular weight excluding hydrogens is 316 g/mol. The summed E-state index contributed by atoms with van der Waals surface area (Å²) in [5.74, 6) is -0.323. The molecule has 2 aromatic rings. The maximum atomic E-state index is 12.9. The Kier molecular flexibility index (Phi) is 4.36. The van der Waals surface area contributed by atoms with Crippen molar-refractivity contribution in [1.82, 2.24) is 15.1 Å². The Morgan fingerprint density at radius 1 is 1.42 bits per heavy atom. The van der Waals surface area contributed by atoms with Crippen LogP contribution in [0.2, 0.25) is 0 Å². The van der Waals surface area contributed by atoms with Crippen molar-refractivity contribution in [2.45, 2.75) is 45.4 Å². The Balaban J connectivity index is 1.75. The van der Waals surface area contributed by atoms with Crippen LogP contribution in [0.25, 0.3) is 0 Å². The first-order chi connectivity index (χ1) is 11.4. The zero-order valence-corrected chi connectivity index (χ0v) is 13.5. The van der Waals surface area contributed by atoms with Crippen LogP contribution in [-0.2, 0) is 17.6 Å². The zero-order valence-electron chi connectivity index (χ0n) is 13.5. The molecule has 1 aliphatic rings. The van der Waals surface area contributed by atoms with Gasteiger partial charge in [0, 0.05) is 17.7 Å². The summed E-state index contributed by atoms with van der Waals surface area (Å²) in [6, 6.07) is 7.07. The topological polar surface area (TPSA) is 67.2 Å². The number of nitrogens with zero attached hydrogens (tertiary/aromatic N) is 2. The Morgan fingerprint density at radius 2 is 2.12 bits per heavy atom. The summed E-state index contributed by atoms with van der Waals surface area (Å²) in [5.41, 5.74) is 3.09. The summed E-state index contributed by atoms with van der Waals surface area (Å²) >= 11 is 0. The molecule has 2 N–H and O–H groups in total. The molecule has 3 rings (SSSR count). The zero-order chi connectivity index (χ0) is 17.4. The third-order valence-electron chi connectivity index (χ3n) is 4.52. The molecule has 1 aliphatic carbocycles. The van der Waals surface area contributed by atoms with Crippen molar-refractivity contribution >= 4 is 5.91 Å². The molecule has 0 fully saturated rings. The van der Waals surface area contributed by atoms with Crippen LogP contribution in [0.15, 0.2) is 24.3 Å². The quantitative estimate of drug-likeness (QED) is 0.900. The number of halogens is 2. The van der Waals surface area contributed by atoms with E-state index in [1.54, 1.807) is 6.92 Å². The van der Waals surface area contributed by atoms with E-state index < -0.39 is 18.7 Å². The lowest BCUT2D eigenvalue weighted by Crippen LogP contribution is -2.35. The molecule has 0 aliphatic heterocycles. The molecule has 1 aromatic carbocycles. The molecule has 0 bridgehead atoms.